The van der Waals surface area contributed by atoms with Crippen molar-refractivity contribution in [2.75, 3.05) is 0 Å². The minimum Gasteiger partial charge on any atom is -0.476 e. The van der Waals surface area contributed by atoms with Crippen molar-refractivity contribution in [1.29, 1.82) is 0 Å². The van der Waals surface area contributed by atoms with E-state index in [0.717, 1.165) is 0 Å². The smallest absolute Gasteiger partial charge is 0.470 e. The van der Waals surface area contributed by atoms with Crippen LogP contribution >= 0.6 is 0 Å². The summed E-state index contributed by atoms with van der Waals surface area (Å²) in [6, 6.07) is 0. The fourth-order valence-electron chi connectivity index (χ4n) is 0.104. The summed E-state index contributed by atoms with van der Waals surface area (Å²) in [4.78, 5) is 9.30. The van der Waals surface area contributed by atoms with Gasteiger partial charge in [0.25, 0.3) is 0 Å². The van der Waals surface area contributed by atoms with Gasteiger partial charge in [-0.25, -0.2) is 4.79 Å². The number of halogens is 4. The molecule has 0 heterocycles. The Morgan fingerprint density at radius 3 is 1.64 bits per heavy atom. The minimum absolute atomic E-state index is 0. The fraction of sp³-hybridized carbons (Fsp3) is 0.500. The zero-order valence-electron chi connectivity index (χ0n) is 4.62. The van der Waals surface area contributed by atoms with Crippen molar-refractivity contribution in [2.45, 2.75) is 5.25 Å². The van der Waals surface area contributed by atoms with Gasteiger partial charge in [0.05, 0.1) is 0 Å². The number of rotatable bonds is 2. The van der Waals surface area contributed by atoms with Gasteiger partial charge in [0, 0.05) is 0 Å². The van der Waals surface area contributed by atoms with Crippen molar-refractivity contribution >= 4 is 16.2 Å². The molecule has 0 unspecified atom stereocenters. The third-order valence-electron chi connectivity index (χ3n) is 0.555. The molecule has 0 radical (unpaired) electrons. The second-order valence-electron chi connectivity index (χ2n) is 1.26. The molecule has 0 fully saturated rings. The van der Waals surface area contributed by atoms with Gasteiger partial charge in [-0.15, -0.1) is 0 Å². The Kier molecular flexibility index (Phi) is 3.52. The molecular formula is C2H2F4O4S. The monoisotopic (exact) mass is 198 g/mol. The van der Waals surface area contributed by atoms with Gasteiger partial charge in [0.1, 0.15) is 0 Å². The van der Waals surface area contributed by atoms with Crippen molar-refractivity contribution in [3.05, 3.63) is 0 Å². The number of carboxylic acid groups (broad SMARTS) is 1. The minimum atomic E-state index is -6.33. The molecule has 0 aliphatic heterocycles. The van der Waals surface area contributed by atoms with E-state index in [-0.39, 0.29) is 4.70 Å². The summed E-state index contributed by atoms with van der Waals surface area (Å²) in [5, 5.41) is 2.07. The summed E-state index contributed by atoms with van der Waals surface area (Å²) in [5.74, 6) is -3.03. The average molecular weight is 198 g/mol. The molecule has 0 bridgehead atoms. The summed E-state index contributed by atoms with van der Waals surface area (Å²) in [6.45, 7) is 0. The van der Waals surface area contributed by atoms with Gasteiger partial charge in [-0.2, -0.15) is 17.2 Å². The molecule has 0 spiro atoms. The molecule has 0 rings (SSSR count). The standard InChI is InChI=1S/C2HF3O4S.FH/c3-2(4,1(6)7)10(5,8)9;/h(H,6,7);1H. The third kappa shape index (κ3) is 2.33. The Morgan fingerprint density at radius 2 is 1.64 bits per heavy atom. The lowest BCUT2D eigenvalue weighted by Gasteiger charge is -2.02. The first kappa shape index (κ1) is 12.8. The van der Waals surface area contributed by atoms with E-state index in [2.05, 4.69) is 0 Å². The van der Waals surface area contributed by atoms with Crippen LogP contribution in [0.1, 0.15) is 0 Å². The van der Waals surface area contributed by atoms with Crippen LogP contribution in [-0.4, -0.2) is 24.7 Å². The summed E-state index contributed by atoms with van der Waals surface area (Å²) < 4.78 is 52.8. The number of carbonyl (C=O) groups is 1. The maximum Gasteiger partial charge on any atom is 0.470 e. The molecule has 4 nitrogen and oxygen atoms in total. The van der Waals surface area contributed by atoms with Gasteiger partial charge in [-0.1, -0.05) is 3.89 Å². The van der Waals surface area contributed by atoms with Crippen LogP contribution in [0, 0.1) is 0 Å². The van der Waals surface area contributed by atoms with Crippen molar-refractivity contribution in [3.63, 3.8) is 0 Å². The lowest BCUT2D eigenvalue weighted by Crippen LogP contribution is -2.34. The molecule has 0 atom stereocenters. The Balaban J connectivity index is 0. The van der Waals surface area contributed by atoms with Crippen LogP contribution in [0.15, 0.2) is 0 Å². The van der Waals surface area contributed by atoms with Gasteiger partial charge in [-0.05, 0) is 0 Å². The topological polar surface area (TPSA) is 71.4 Å². The Bertz CT molecular complexity index is 243. The van der Waals surface area contributed by atoms with Crippen molar-refractivity contribution in [3.8, 4) is 0 Å². The summed E-state index contributed by atoms with van der Waals surface area (Å²) in [5.41, 5.74) is 0. The maximum atomic E-state index is 11.5. The van der Waals surface area contributed by atoms with E-state index in [1.807, 2.05) is 0 Å². The predicted molar refractivity (Wildman–Crippen MR) is 25.1 cm³/mol. The van der Waals surface area contributed by atoms with E-state index in [4.69, 9.17) is 5.11 Å². The molecule has 0 aromatic heterocycles. The highest BCUT2D eigenvalue weighted by atomic mass is 32.3. The summed E-state index contributed by atoms with van der Waals surface area (Å²) in [7, 11) is -6.33. The molecule has 0 aliphatic rings. The maximum absolute atomic E-state index is 11.5. The first-order valence-corrected chi connectivity index (χ1v) is 3.13. The number of carboxylic acids is 1. The van der Waals surface area contributed by atoms with Crippen LogP contribution in [0.3, 0.4) is 0 Å². The largest absolute Gasteiger partial charge is 0.476 e. The van der Waals surface area contributed by atoms with Crippen LogP contribution < -0.4 is 0 Å². The lowest BCUT2D eigenvalue weighted by molar-refractivity contribution is -0.154. The highest BCUT2D eigenvalue weighted by Gasteiger charge is 2.54. The van der Waals surface area contributed by atoms with Crippen molar-refractivity contribution in [2.24, 2.45) is 0 Å². The van der Waals surface area contributed by atoms with Crippen LogP contribution in [0.4, 0.5) is 17.4 Å². The van der Waals surface area contributed by atoms with Crippen molar-refractivity contribution < 1.29 is 35.7 Å². The number of hydrogen-bond acceptors (Lipinski definition) is 3. The second kappa shape index (κ2) is 3.03. The predicted octanol–water partition coefficient (Wildman–Crippen LogP) is 0.116. The van der Waals surface area contributed by atoms with E-state index in [9.17, 15) is 25.9 Å². The fourth-order valence-corrected chi connectivity index (χ4v) is 0.313. The Hall–Kier alpha value is -0.860. The quantitative estimate of drug-likeness (QED) is 0.505. The van der Waals surface area contributed by atoms with Gasteiger partial charge in [-0.3, -0.25) is 4.70 Å². The second-order valence-corrected chi connectivity index (χ2v) is 2.65. The molecule has 0 aromatic carbocycles. The first-order valence-electron chi connectivity index (χ1n) is 1.75. The molecule has 0 aromatic rings. The van der Waals surface area contributed by atoms with Crippen LogP contribution in [-0.2, 0) is 15.0 Å². The molecule has 0 amide bonds. The molecule has 9 heteroatoms. The van der Waals surface area contributed by atoms with E-state index in [1.54, 1.807) is 0 Å². The lowest BCUT2D eigenvalue weighted by atomic mass is 10.7. The molecular weight excluding hydrogens is 196 g/mol. The molecule has 68 valence electrons. The first-order chi connectivity index (χ1) is 4.19. The normalized spacial score (nSPS) is 11.9. The molecule has 0 saturated heterocycles. The van der Waals surface area contributed by atoms with Gasteiger partial charge in [0.2, 0.25) is 0 Å². The van der Waals surface area contributed by atoms with E-state index in [0.29, 0.717) is 0 Å². The van der Waals surface area contributed by atoms with Crippen LogP contribution in [0.2, 0.25) is 0 Å². The summed E-state index contributed by atoms with van der Waals surface area (Å²) in [6.07, 6.45) is 0. The SMILES string of the molecule is F.O=C(O)C(F)(F)S(=O)(=O)F. The molecule has 1 N–H and O–H groups in total. The van der Waals surface area contributed by atoms with Gasteiger partial charge < -0.3 is 5.11 Å². The molecule has 11 heavy (non-hydrogen) atoms. The zero-order valence-corrected chi connectivity index (χ0v) is 5.44. The zero-order chi connectivity index (χ0) is 8.58. The number of aliphatic carboxylic acids is 1. The Labute approximate surface area is 58.2 Å². The highest BCUT2D eigenvalue weighted by molar-refractivity contribution is 7.88. The number of hydrogen-bond donors (Lipinski definition) is 1. The summed E-state index contributed by atoms with van der Waals surface area (Å²) >= 11 is 0. The Morgan fingerprint density at radius 1 is 1.36 bits per heavy atom. The highest BCUT2D eigenvalue weighted by Crippen LogP contribution is 2.22. The van der Waals surface area contributed by atoms with Gasteiger partial charge >= 0.3 is 21.4 Å². The van der Waals surface area contributed by atoms with E-state index in [1.165, 1.54) is 0 Å². The third-order valence-corrected chi connectivity index (χ3v) is 1.34. The molecule has 0 saturated carbocycles. The van der Waals surface area contributed by atoms with Crippen LogP contribution in [0.25, 0.3) is 0 Å². The van der Waals surface area contributed by atoms with E-state index < -0.39 is 21.4 Å². The van der Waals surface area contributed by atoms with Gasteiger partial charge in [0.15, 0.2) is 0 Å². The van der Waals surface area contributed by atoms with Crippen molar-refractivity contribution in [1.82, 2.24) is 0 Å². The van der Waals surface area contributed by atoms with E-state index >= 15 is 0 Å². The average Bonchev–Trinajstić information content (AvgIpc) is 1.62. The number of alkyl halides is 2. The van der Waals surface area contributed by atoms with Crippen LogP contribution in [0.5, 0.6) is 0 Å². The molecule has 0 aliphatic carbocycles.